The van der Waals surface area contributed by atoms with E-state index in [0.717, 1.165) is 10.2 Å². The molecular weight excluding hydrogens is 311 g/mol. The first-order chi connectivity index (χ1) is 10.0. The molecule has 1 N–H and O–H groups in total. The SMILES string of the molecule is Cc1cccc(C(=O)Nc2nc3ccc(Cl)cc3s2)c1F. The zero-order chi connectivity index (χ0) is 15.0. The van der Waals surface area contributed by atoms with E-state index in [1.807, 2.05) is 0 Å². The highest BCUT2D eigenvalue weighted by atomic mass is 35.5. The average molecular weight is 321 g/mol. The van der Waals surface area contributed by atoms with Gasteiger partial charge in [-0.05, 0) is 36.8 Å². The number of fused-ring (bicyclic) bond motifs is 1. The number of rotatable bonds is 2. The molecule has 2 aromatic carbocycles. The number of thiazole rings is 1. The molecule has 0 unspecified atom stereocenters. The number of carbonyl (C=O) groups excluding carboxylic acids is 1. The Labute approximate surface area is 129 Å². The van der Waals surface area contributed by atoms with Crippen LogP contribution in [0.4, 0.5) is 9.52 Å². The summed E-state index contributed by atoms with van der Waals surface area (Å²) < 4.78 is 14.8. The molecule has 3 nitrogen and oxygen atoms in total. The summed E-state index contributed by atoms with van der Waals surface area (Å²) in [5.41, 5.74) is 1.18. The number of nitrogens with zero attached hydrogens (tertiary/aromatic N) is 1. The lowest BCUT2D eigenvalue weighted by Crippen LogP contribution is -2.14. The molecule has 0 atom stereocenters. The van der Waals surface area contributed by atoms with E-state index in [9.17, 15) is 9.18 Å². The Morgan fingerprint density at radius 1 is 1.33 bits per heavy atom. The fraction of sp³-hybridized carbons (Fsp3) is 0.0667. The van der Waals surface area contributed by atoms with E-state index in [-0.39, 0.29) is 5.56 Å². The van der Waals surface area contributed by atoms with Crippen LogP contribution in [0.25, 0.3) is 10.2 Å². The van der Waals surface area contributed by atoms with Crippen molar-refractivity contribution in [3.05, 3.63) is 58.4 Å². The van der Waals surface area contributed by atoms with Gasteiger partial charge in [0.2, 0.25) is 0 Å². The van der Waals surface area contributed by atoms with Crippen molar-refractivity contribution in [1.29, 1.82) is 0 Å². The van der Waals surface area contributed by atoms with Gasteiger partial charge in [-0.15, -0.1) is 0 Å². The molecule has 1 heterocycles. The highest BCUT2D eigenvalue weighted by Gasteiger charge is 2.15. The molecule has 6 heteroatoms. The number of hydrogen-bond donors (Lipinski definition) is 1. The van der Waals surface area contributed by atoms with Crippen molar-refractivity contribution < 1.29 is 9.18 Å². The molecule has 0 saturated heterocycles. The third-order valence-electron chi connectivity index (χ3n) is 3.01. The second kappa shape index (κ2) is 5.42. The molecule has 0 radical (unpaired) electrons. The van der Waals surface area contributed by atoms with Gasteiger partial charge in [-0.3, -0.25) is 10.1 Å². The van der Waals surface area contributed by atoms with E-state index < -0.39 is 11.7 Å². The van der Waals surface area contributed by atoms with Crippen LogP contribution in [0.3, 0.4) is 0 Å². The van der Waals surface area contributed by atoms with Crippen LogP contribution in [0.2, 0.25) is 5.02 Å². The van der Waals surface area contributed by atoms with Crippen LogP contribution in [0.1, 0.15) is 15.9 Å². The highest BCUT2D eigenvalue weighted by molar-refractivity contribution is 7.22. The van der Waals surface area contributed by atoms with Crippen LogP contribution in [0.15, 0.2) is 36.4 Å². The Morgan fingerprint density at radius 2 is 2.14 bits per heavy atom. The quantitative estimate of drug-likeness (QED) is 0.746. The van der Waals surface area contributed by atoms with Gasteiger partial charge in [-0.2, -0.15) is 0 Å². The molecule has 21 heavy (non-hydrogen) atoms. The van der Waals surface area contributed by atoms with Gasteiger partial charge in [-0.25, -0.2) is 9.37 Å². The minimum Gasteiger partial charge on any atom is -0.298 e. The predicted octanol–water partition coefficient (Wildman–Crippen LogP) is 4.65. The third-order valence-corrected chi connectivity index (χ3v) is 4.18. The number of hydrogen-bond acceptors (Lipinski definition) is 3. The normalized spacial score (nSPS) is 10.8. The maximum Gasteiger partial charge on any atom is 0.260 e. The maximum atomic E-state index is 13.9. The van der Waals surface area contributed by atoms with Crippen molar-refractivity contribution in [2.45, 2.75) is 6.92 Å². The predicted molar refractivity (Wildman–Crippen MR) is 83.7 cm³/mol. The smallest absolute Gasteiger partial charge is 0.260 e. The molecule has 0 aliphatic heterocycles. The number of anilines is 1. The molecule has 3 aromatic rings. The van der Waals surface area contributed by atoms with Gasteiger partial charge in [0.05, 0.1) is 15.8 Å². The van der Waals surface area contributed by atoms with Crippen molar-refractivity contribution in [2.75, 3.05) is 5.32 Å². The second-order valence-electron chi connectivity index (χ2n) is 4.52. The molecule has 1 amide bonds. The van der Waals surface area contributed by atoms with Gasteiger partial charge in [0.25, 0.3) is 5.91 Å². The van der Waals surface area contributed by atoms with E-state index in [1.54, 1.807) is 37.3 Å². The first-order valence-corrected chi connectivity index (χ1v) is 7.36. The highest BCUT2D eigenvalue weighted by Crippen LogP contribution is 2.28. The van der Waals surface area contributed by atoms with Gasteiger partial charge >= 0.3 is 0 Å². The Kier molecular flexibility index (Phi) is 3.61. The molecule has 0 aliphatic carbocycles. The Bertz CT molecular complexity index is 847. The first kappa shape index (κ1) is 14.0. The fourth-order valence-electron chi connectivity index (χ4n) is 1.94. The standard InChI is InChI=1S/C15H10ClFN2OS/c1-8-3-2-4-10(13(8)17)14(20)19-15-18-11-6-5-9(16)7-12(11)21-15/h2-7H,1H3,(H,18,19,20). The van der Waals surface area contributed by atoms with E-state index in [4.69, 9.17) is 11.6 Å². The molecule has 3 rings (SSSR count). The lowest BCUT2D eigenvalue weighted by atomic mass is 10.1. The zero-order valence-corrected chi connectivity index (χ0v) is 12.6. The van der Waals surface area contributed by atoms with Gasteiger partial charge < -0.3 is 0 Å². The van der Waals surface area contributed by atoms with Crippen molar-refractivity contribution in [3.63, 3.8) is 0 Å². The number of carbonyl (C=O) groups is 1. The fourth-order valence-corrected chi connectivity index (χ4v) is 3.08. The molecule has 106 valence electrons. The largest absolute Gasteiger partial charge is 0.298 e. The molecule has 0 saturated carbocycles. The molecule has 0 fully saturated rings. The summed E-state index contributed by atoms with van der Waals surface area (Å²) >= 11 is 7.20. The van der Waals surface area contributed by atoms with Gasteiger partial charge in [0.15, 0.2) is 5.13 Å². The van der Waals surface area contributed by atoms with Crippen molar-refractivity contribution in [3.8, 4) is 0 Å². The van der Waals surface area contributed by atoms with Crippen LogP contribution in [0.5, 0.6) is 0 Å². The van der Waals surface area contributed by atoms with E-state index in [1.165, 1.54) is 17.4 Å². The van der Waals surface area contributed by atoms with Gasteiger partial charge in [0.1, 0.15) is 5.82 Å². The summed E-state index contributed by atoms with van der Waals surface area (Å²) in [5, 5.41) is 3.64. The monoisotopic (exact) mass is 320 g/mol. The van der Waals surface area contributed by atoms with Crippen LogP contribution in [-0.4, -0.2) is 10.9 Å². The number of nitrogens with one attached hydrogen (secondary N) is 1. The summed E-state index contributed by atoms with van der Waals surface area (Å²) in [7, 11) is 0. The summed E-state index contributed by atoms with van der Waals surface area (Å²) in [6, 6.07) is 9.99. The molecule has 0 bridgehead atoms. The van der Waals surface area contributed by atoms with E-state index >= 15 is 0 Å². The number of halogens is 2. The van der Waals surface area contributed by atoms with Crippen LogP contribution < -0.4 is 5.32 Å². The minimum absolute atomic E-state index is 0.00675. The zero-order valence-electron chi connectivity index (χ0n) is 11.0. The molecular formula is C15H10ClFN2OS. The summed E-state index contributed by atoms with van der Waals surface area (Å²) in [5.74, 6) is -1.03. The lowest BCUT2D eigenvalue weighted by Gasteiger charge is -2.04. The summed E-state index contributed by atoms with van der Waals surface area (Å²) in [6.45, 7) is 1.62. The Morgan fingerprint density at radius 3 is 2.95 bits per heavy atom. The van der Waals surface area contributed by atoms with Crippen LogP contribution in [0, 0.1) is 12.7 Å². The number of aromatic nitrogens is 1. The van der Waals surface area contributed by atoms with Crippen molar-refractivity contribution in [1.82, 2.24) is 4.98 Å². The van der Waals surface area contributed by atoms with Crippen molar-refractivity contribution >= 4 is 44.2 Å². The van der Waals surface area contributed by atoms with E-state index in [2.05, 4.69) is 10.3 Å². The first-order valence-electron chi connectivity index (χ1n) is 6.17. The Balaban J connectivity index is 1.91. The van der Waals surface area contributed by atoms with Gasteiger partial charge in [0, 0.05) is 5.02 Å². The second-order valence-corrected chi connectivity index (χ2v) is 5.99. The van der Waals surface area contributed by atoms with Gasteiger partial charge in [-0.1, -0.05) is 35.1 Å². The summed E-state index contributed by atoms with van der Waals surface area (Å²) in [4.78, 5) is 16.4. The number of aryl methyl sites for hydroxylation is 1. The maximum absolute atomic E-state index is 13.9. The van der Waals surface area contributed by atoms with E-state index in [0.29, 0.717) is 15.7 Å². The topological polar surface area (TPSA) is 42.0 Å². The number of amides is 1. The van der Waals surface area contributed by atoms with Crippen LogP contribution in [-0.2, 0) is 0 Å². The molecule has 0 aliphatic rings. The minimum atomic E-state index is -0.515. The molecule has 1 aromatic heterocycles. The average Bonchev–Trinajstić information content (AvgIpc) is 2.83. The Hall–Kier alpha value is -1.98. The van der Waals surface area contributed by atoms with Crippen molar-refractivity contribution in [2.24, 2.45) is 0 Å². The third kappa shape index (κ3) is 2.75. The molecule has 0 spiro atoms. The summed E-state index contributed by atoms with van der Waals surface area (Å²) in [6.07, 6.45) is 0. The van der Waals surface area contributed by atoms with Crippen LogP contribution >= 0.6 is 22.9 Å². The lowest BCUT2D eigenvalue weighted by molar-refractivity contribution is 0.102. The number of benzene rings is 2.